The van der Waals surface area contributed by atoms with Gasteiger partial charge in [0.15, 0.2) is 0 Å². The Morgan fingerprint density at radius 1 is 1.67 bits per heavy atom. The van der Waals surface area contributed by atoms with Crippen LogP contribution in [0.4, 0.5) is 0 Å². The first kappa shape index (κ1) is 6.43. The summed E-state index contributed by atoms with van der Waals surface area (Å²) in [6.07, 6.45) is 0. The van der Waals surface area contributed by atoms with E-state index in [-0.39, 0.29) is 0 Å². The fraction of sp³-hybridized carbons (Fsp3) is 1.00. The Kier molecular flexibility index (Phi) is 2.07. The monoisotopic (exact) mass is 151 g/mol. The van der Waals surface area contributed by atoms with Gasteiger partial charge in [0.25, 0.3) is 0 Å². The van der Waals surface area contributed by atoms with Crippen molar-refractivity contribution in [3.8, 4) is 0 Å². The predicted octanol–water partition coefficient (Wildman–Crippen LogP) is -0.621. The van der Waals surface area contributed by atoms with Crippen LogP contribution in [0.1, 0.15) is 0 Å². The van der Waals surface area contributed by atoms with Crippen LogP contribution < -0.4 is 0 Å². The summed E-state index contributed by atoms with van der Waals surface area (Å²) in [7, 11) is -3.77. The summed E-state index contributed by atoms with van der Waals surface area (Å²) >= 11 is 2.92. The second kappa shape index (κ2) is 1.93. The molecule has 3 nitrogen and oxygen atoms in total. The van der Waals surface area contributed by atoms with Gasteiger partial charge in [0.2, 0.25) is 0 Å². The molecule has 0 aromatic heterocycles. The minimum absolute atomic E-state index is 0.451. The van der Waals surface area contributed by atoms with E-state index in [2.05, 4.69) is 16.0 Å². The normalized spacial score (nSPS) is 11.7. The molecule has 0 aliphatic carbocycles. The molecule has 6 heavy (non-hydrogen) atoms. The van der Waals surface area contributed by atoms with Gasteiger partial charge in [-0.25, -0.2) is 0 Å². The molecule has 0 fully saturated rings. The third kappa shape index (κ3) is 4.43. The molecule has 0 saturated heterocycles. The average molecular weight is 151 g/mol. The summed E-state index contributed by atoms with van der Waals surface area (Å²) in [6, 6.07) is 0. The zero-order valence-electron chi connectivity index (χ0n) is 2.73. The minimum atomic E-state index is -3.77. The van der Waals surface area contributed by atoms with Crippen LogP contribution in [0.15, 0.2) is 0 Å². The van der Waals surface area contributed by atoms with E-state index in [4.69, 9.17) is 4.55 Å². The summed E-state index contributed by atoms with van der Waals surface area (Å²) in [4.78, 5) is 0. The van der Waals surface area contributed by atoms with Gasteiger partial charge in [-0.3, -0.25) is 0 Å². The first-order valence-electron chi connectivity index (χ1n) is 1.05. The maximum absolute atomic E-state index is 9.49. The van der Waals surface area contributed by atoms with Crippen molar-refractivity contribution in [2.45, 2.75) is 0 Å². The molecule has 0 radical (unpaired) electrons. The quantitative estimate of drug-likeness (QED) is 0.401. The second-order valence-corrected chi connectivity index (χ2v) is 3.01. The Morgan fingerprint density at radius 3 is 1.83 bits per heavy atom. The van der Waals surface area contributed by atoms with Crippen molar-refractivity contribution in [1.82, 2.24) is 0 Å². The zero-order chi connectivity index (χ0) is 5.21. The van der Waals surface area contributed by atoms with Gasteiger partial charge >= 0.3 is 43.8 Å². The molecular weight excluding hydrogens is 148 g/mol. The standard InChI is InChI=1S/CH3O3S.Fe/c1-5(2,3)4;/h1H2,(H,2,3,4);. The molecule has 39 valence electrons. The fourth-order valence-electron chi connectivity index (χ4n) is 0. The van der Waals surface area contributed by atoms with E-state index in [1.54, 1.807) is 0 Å². The van der Waals surface area contributed by atoms with Crippen molar-refractivity contribution in [3.63, 3.8) is 0 Å². The third-order valence-electron chi connectivity index (χ3n) is 0.129. The van der Waals surface area contributed by atoms with Crippen LogP contribution in [-0.2, 0) is 26.1 Å². The Morgan fingerprint density at radius 2 is 1.83 bits per heavy atom. The summed E-state index contributed by atoms with van der Waals surface area (Å²) in [6.45, 7) is 0. The van der Waals surface area contributed by atoms with Gasteiger partial charge in [-0.2, -0.15) is 0 Å². The van der Waals surface area contributed by atoms with E-state index >= 15 is 0 Å². The second-order valence-electron chi connectivity index (χ2n) is 0.684. The summed E-state index contributed by atoms with van der Waals surface area (Å²) in [5, 5.41) is 0. The van der Waals surface area contributed by atoms with Crippen LogP contribution >= 0.6 is 0 Å². The van der Waals surface area contributed by atoms with Gasteiger partial charge < -0.3 is 0 Å². The van der Waals surface area contributed by atoms with Crippen molar-refractivity contribution >= 4 is 10.1 Å². The molecule has 1 N–H and O–H groups in total. The SMILES string of the molecule is O=S(=O)(O)[CH2][Fe]. The predicted molar refractivity (Wildman–Crippen MR) is 16.4 cm³/mol. The molecule has 0 aromatic carbocycles. The number of hydrogen-bond acceptors (Lipinski definition) is 2. The maximum atomic E-state index is 9.49. The Hall–Kier alpha value is 0.429. The van der Waals surface area contributed by atoms with Crippen molar-refractivity contribution < 1.29 is 29.0 Å². The van der Waals surface area contributed by atoms with Crippen LogP contribution in [0.25, 0.3) is 0 Å². The van der Waals surface area contributed by atoms with Crippen LogP contribution in [0.2, 0.25) is 0 Å². The number of hydrogen-bond donors (Lipinski definition) is 1. The topological polar surface area (TPSA) is 54.4 Å². The van der Waals surface area contributed by atoms with Crippen molar-refractivity contribution in [2.75, 3.05) is 4.65 Å². The Bertz CT molecular complexity index is 113. The molecule has 0 bridgehead atoms. The van der Waals surface area contributed by atoms with Gasteiger partial charge in [0.05, 0.1) is 0 Å². The van der Waals surface area contributed by atoms with E-state index in [0.29, 0.717) is 0 Å². The Labute approximate surface area is 44.3 Å². The zero-order valence-corrected chi connectivity index (χ0v) is 4.65. The van der Waals surface area contributed by atoms with Crippen LogP contribution in [-0.4, -0.2) is 17.6 Å². The van der Waals surface area contributed by atoms with Gasteiger partial charge in [-0.15, -0.1) is 0 Å². The van der Waals surface area contributed by atoms with Gasteiger partial charge in [-0.1, -0.05) is 0 Å². The summed E-state index contributed by atoms with van der Waals surface area (Å²) < 4.78 is 26.3. The molecule has 0 spiro atoms. The van der Waals surface area contributed by atoms with Gasteiger partial charge in [0, 0.05) is 0 Å². The molecular formula is CH3FeO3S. The van der Waals surface area contributed by atoms with E-state index < -0.39 is 14.8 Å². The average Bonchev–Trinajstić information content (AvgIpc) is 1.35. The molecule has 0 heterocycles. The van der Waals surface area contributed by atoms with Crippen molar-refractivity contribution in [3.05, 3.63) is 0 Å². The third-order valence-corrected chi connectivity index (χ3v) is 1.60. The molecule has 0 unspecified atom stereocenters. The van der Waals surface area contributed by atoms with E-state index in [1.165, 1.54) is 0 Å². The first-order valence-corrected chi connectivity index (χ1v) is 3.44. The molecule has 0 aromatic rings. The van der Waals surface area contributed by atoms with Crippen LogP contribution in [0, 0.1) is 0 Å². The number of rotatable bonds is 1. The van der Waals surface area contributed by atoms with E-state index in [0.717, 1.165) is 0 Å². The van der Waals surface area contributed by atoms with E-state index in [1.807, 2.05) is 0 Å². The van der Waals surface area contributed by atoms with E-state index in [9.17, 15) is 8.42 Å². The molecule has 0 rings (SSSR count). The molecule has 0 saturated carbocycles. The molecule has 0 aliphatic heterocycles. The van der Waals surface area contributed by atoms with Crippen LogP contribution in [0.5, 0.6) is 0 Å². The molecule has 0 aliphatic rings. The molecule has 0 atom stereocenters. The van der Waals surface area contributed by atoms with Crippen LogP contribution in [0.3, 0.4) is 0 Å². The van der Waals surface area contributed by atoms with Gasteiger partial charge in [0.1, 0.15) is 0 Å². The summed E-state index contributed by atoms with van der Waals surface area (Å²) in [5.74, 6) is 0. The van der Waals surface area contributed by atoms with Crippen molar-refractivity contribution in [1.29, 1.82) is 0 Å². The Balaban J connectivity index is 3.85. The van der Waals surface area contributed by atoms with Crippen molar-refractivity contribution in [2.24, 2.45) is 0 Å². The molecule has 5 heteroatoms. The fourth-order valence-corrected chi connectivity index (χ4v) is 0. The van der Waals surface area contributed by atoms with Gasteiger partial charge in [-0.05, 0) is 0 Å². The molecule has 0 amide bonds. The summed E-state index contributed by atoms with van der Waals surface area (Å²) in [5.41, 5.74) is 0. The first-order chi connectivity index (χ1) is 2.56.